The molecule has 0 heterocycles. The lowest BCUT2D eigenvalue weighted by Gasteiger charge is -2.15. The molecule has 1 amide bonds. The molecule has 1 atom stereocenters. The van der Waals surface area contributed by atoms with E-state index in [0.717, 1.165) is 5.56 Å². The third kappa shape index (κ3) is 6.18. The number of benzene rings is 2. The maximum Gasteiger partial charge on any atom is 0.233 e. The van der Waals surface area contributed by atoms with Gasteiger partial charge in [-0.2, -0.15) is 0 Å². The van der Waals surface area contributed by atoms with E-state index in [1.54, 1.807) is 44.4 Å². The third-order valence-electron chi connectivity index (χ3n) is 3.91. The van der Waals surface area contributed by atoms with Crippen LogP contribution in [0.5, 0.6) is 11.5 Å². The summed E-state index contributed by atoms with van der Waals surface area (Å²) in [5.41, 5.74) is 1.20. The highest BCUT2D eigenvalue weighted by Gasteiger charge is 2.22. The van der Waals surface area contributed by atoms with E-state index in [1.807, 2.05) is 18.2 Å². The summed E-state index contributed by atoms with van der Waals surface area (Å²) in [6, 6.07) is 13.9. The molecule has 0 aliphatic rings. The Bertz CT molecular complexity index is 883. The molecule has 0 saturated carbocycles. The number of nitrogens with one attached hydrogen (secondary N) is 2. The lowest BCUT2D eigenvalue weighted by Crippen LogP contribution is -2.34. The molecule has 2 aromatic rings. The number of sulfonamides is 1. The van der Waals surface area contributed by atoms with Crippen molar-refractivity contribution >= 4 is 21.6 Å². The minimum absolute atomic E-state index is 0.260. The van der Waals surface area contributed by atoms with Gasteiger partial charge in [0.2, 0.25) is 15.9 Å². The molecule has 0 aliphatic carbocycles. The number of carbonyl (C=O) groups is 1. The summed E-state index contributed by atoms with van der Waals surface area (Å²) in [6.07, 6.45) is 0. The summed E-state index contributed by atoms with van der Waals surface area (Å²) >= 11 is 0. The number of anilines is 1. The summed E-state index contributed by atoms with van der Waals surface area (Å²) in [5.74, 6) is -0.197. The minimum atomic E-state index is -3.69. The van der Waals surface area contributed by atoms with Gasteiger partial charge in [-0.3, -0.25) is 9.52 Å². The summed E-state index contributed by atoms with van der Waals surface area (Å²) in [6.45, 7) is 1.83. The second-order valence-corrected chi connectivity index (χ2v) is 7.81. The first-order valence-corrected chi connectivity index (χ1v) is 10.0. The van der Waals surface area contributed by atoms with E-state index in [4.69, 9.17) is 9.47 Å². The zero-order valence-electron chi connectivity index (χ0n) is 15.6. The van der Waals surface area contributed by atoms with Crippen LogP contribution in [0, 0.1) is 5.92 Å². The van der Waals surface area contributed by atoms with Gasteiger partial charge in [0.15, 0.2) is 0 Å². The fourth-order valence-electron chi connectivity index (χ4n) is 2.52. The fraction of sp³-hybridized carbons (Fsp3) is 0.316. The van der Waals surface area contributed by atoms with Crippen molar-refractivity contribution in [3.05, 3.63) is 54.1 Å². The SMILES string of the molecule is COc1cccc(NS(=O)(=O)CC(C)C(=O)NCc2ccccc2OC)c1. The number of rotatable bonds is 9. The monoisotopic (exact) mass is 392 g/mol. The molecule has 2 aromatic carbocycles. The van der Waals surface area contributed by atoms with E-state index in [-0.39, 0.29) is 18.2 Å². The average molecular weight is 392 g/mol. The standard InChI is InChI=1S/C19H24N2O5S/c1-14(19(22)20-12-15-7-4-5-10-18(15)26-3)13-27(23,24)21-16-8-6-9-17(11-16)25-2/h4-11,14,21H,12-13H2,1-3H3,(H,20,22). The number of carbonyl (C=O) groups excluding carboxylic acids is 1. The van der Waals surface area contributed by atoms with E-state index < -0.39 is 15.9 Å². The lowest BCUT2D eigenvalue weighted by molar-refractivity contribution is -0.124. The van der Waals surface area contributed by atoms with Gasteiger partial charge in [-0.15, -0.1) is 0 Å². The first kappa shape index (κ1) is 20.6. The van der Waals surface area contributed by atoms with Crippen molar-refractivity contribution < 1.29 is 22.7 Å². The lowest BCUT2D eigenvalue weighted by atomic mass is 10.1. The summed E-state index contributed by atoms with van der Waals surface area (Å²) in [7, 11) is -0.633. The molecule has 0 radical (unpaired) electrons. The number of amides is 1. The van der Waals surface area contributed by atoms with Crippen molar-refractivity contribution in [2.24, 2.45) is 5.92 Å². The molecule has 146 valence electrons. The molecule has 2 rings (SSSR count). The van der Waals surface area contributed by atoms with Crippen molar-refractivity contribution in [1.29, 1.82) is 0 Å². The van der Waals surface area contributed by atoms with Gasteiger partial charge in [0.1, 0.15) is 11.5 Å². The number of para-hydroxylation sites is 1. The molecule has 8 heteroatoms. The van der Waals surface area contributed by atoms with Crippen molar-refractivity contribution in [2.45, 2.75) is 13.5 Å². The smallest absolute Gasteiger partial charge is 0.233 e. The Labute approximate surface area is 159 Å². The van der Waals surface area contributed by atoms with Crippen LogP contribution >= 0.6 is 0 Å². The van der Waals surface area contributed by atoms with Crippen molar-refractivity contribution in [3.63, 3.8) is 0 Å². The second-order valence-electron chi connectivity index (χ2n) is 6.05. The van der Waals surface area contributed by atoms with Gasteiger partial charge in [0.25, 0.3) is 0 Å². The fourth-order valence-corrected chi connectivity index (χ4v) is 3.90. The largest absolute Gasteiger partial charge is 0.497 e. The van der Waals surface area contributed by atoms with Crippen molar-refractivity contribution in [3.8, 4) is 11.5 Å². The Kier molecular flexibility index (Phi) is 7.06. The van der Waals surface area contributed by atoms with Crippen LogP contribution in [0.3, 0.4) is 0 Å². The zero-order chi connectivity index (χ0) is 19.9. The molecule has 0 bridgehead atoms. The van der Waals surface area contributed by atoms with Crippen LogP contribution in [-0.2, 0) is 21.4 Å². The Hall–Kier alpha value is -2.74. The topological polar surface area (TPSA) is 93.7 Å². The van der Waals surface area contributed by atoms with Gasteiger partial charge in [0.05, 0.1) is 31.6 Å². The maximum atomic E-state index is 12.3. The Morgan fingerprint density at radius 2 is 1.81 bits per heavy atom. The summed E-state index contributed by atoms with van der Waals surface area (Å²) in [4.78, 5) is 12.3. The molecular weight excluding hydrogens is 368 g/mol. The minimum Gasteiger partial charge on any atom is -0.497 e. The number of ether oxygens (including phenoxy) is 2. The molecule has 0 aromatic heterocycles. The maximum absolute atomic E-state index is 12.3. The van der Waals surface area contributed by atoms with Crippen LogP contribution in [0.15, 0.2) is 48.5 Å². The number of hydrogen-bond acceptors (Lipinski definition) is 5. The molecule has 0 fully saturated rings. The van der Waals surface area contributed by atoms with E-state index in [9.17, 15) is 13.2 Å². The molecule has 0 aliphatic heterocycles. The quantitative estimate of drug-likeness (QED) is 0.683. The molecule has 2 N–H and O–H groups in total. The molecule has 0 saturated heterocycles. The second kappa shape index (κ2) is 9.27. The molecule has 0 spiro atoms. The Morgan fingerprint density at radius 1 is 1.07 bits per heavy atom. The average Bonchev–Trinajstić information content (AvgIpc) is 2.65. The Balaban J connectivity index is 1.94. The highest BCUT2D eigenvalue weighted by atomic mass is 32.2. The molecular formula is C19H24N2O5S. The normalized spacial score (nSPS) is 12.1. The van der Waals surface area contributed by atoms with E-state index in [1.165, 1.54) is 7.11 Å². The predicted molar refractivity (Wildman–Crippen MR) is 104 cm³/mol. The van der Waals surface area contributed by atoms with Gasteiger partial charge in [-0.05, 0) is 18.2 Å². The summed E-state index contributed by atoms with van der Waals surface area (Å²) in [5, 5.41) is 2.75. The van der Waals surface area contributed by atoms with Crippen LogP contribution in [0.25, 0.3) is 0 Å². The first-order chi connectivity index (χ1) is 12.8. The van der Waals surface area contributed by atoms with E-state index in [0.29, 0.717) is 17.2 Å². The van der Waals surface area contributed by atoms with E-state index in [2.05, 4.69) is 10.0 Å². The van der Waals surface area contributed by atoms with E-state index >= 15 is 0 Å². The van der Waals surface area contributed by atoms with Crippen LogP contribution in [0.1, 0.15) is 12.5 Å². The first-order valence-electron chi connectivity index (χ1n) is 8.39. The third-order valence-corrected chi connectivity index (χ3v) is 5.39. The van der Waals surface area contributed by atoms with Crippen LogP contribution in [0.2, 0.25) is 0 Å². The zero-order valence-corrected chi connectivity index (χ0v) is 16.4. The van der Waals surface area contributed by atoms with Crippen molar-refractivity contribution in [1.82, 2.24) is 5.32 Å². The van der Waals surface area contributed by atoms with Gasteiger partial charge in [-0.1, -0.05) is 31.2 Å². The van der Waals surface area contributed by atoms with Gasteiger partial charge in [0, 0.05) is 18.2 Å². The van der Waals surface area contributed by atoms with Gasteiger partial charge in [-0.25, -0.2) is 8.42 Å². The summed E-state index contributed by atoms with van der Waals surface area (Å²) < 4.78 is 37.4. The predicted octanol–water partition coefficient (Wildman–Crippen LogP) is 2.40. The Morgan fingerprint density at radius 3 is 2.52 bits per heavy atom. The highest BCUT2D eigenvalue weighted by molar-refractivity contribution is 7.92. The van der Waals surface area contributed by atoms with Gasteiger partial charge < -0.3 is 14.8 Å². The van der Waals surface area contributed by atoms with Crippen LogP contribution in [0.4, 0.5) is 5.69 Å². The van der Waals surface area contributed by atoms with Gasteiger partial charge >= 0.3 is 0 Å². The highest BCUT2D eigenvalue weighted by Crippen LogP contribution is 2.19. The number of methoxy groups -OCH3 is 2. The number of hydrogen-bond donors (Lipinski definition) is 2. The van der Waals surface area contributed by atoms with Crippen LogP contribution in [-0.4, -0.2) is 34.3 Å². The molecule has 1 unspecified atom stereocenters. The van der Waals surface area contributed by atoms with Crippen LogP contribution < -0.4 is 19.5 Å². The van der Waals surface area contributed by atoms with Crippen molar-refractivity contribution in [2.75, 3.05) is 24.7 Å². The molecule has 27 heavy (non-hydrogen) atoms. The molecule has 7 nitrogen and oxygen atoms in total.